The van der Waals surface area contributed by atoms with Crippen LogP contribution in [0.2, 0.25) is 0 Å². The first kappa shape index (κ1) is 19.9. The largest absolute Gasteiger partial charge is 0.354 e. The van der Waals surface area contributed by atoms with E-state index in [0.717, 1.165) is 37.6 Å². The first-order chi connectivity index (χ1) is 13.5. The van der Waals surface area contributed by atoms with Gasteiger partial charge in [0.15, 0.2) is 5.78 Å². The summed E-state index contributed by atoms with van der Waals surface area (Å²) in [5.41, 5.74) is 1.38. The molecular formula is C21H25FN4O2. The topological polar surface area (TPSA) is 65.5 Å². The van der Waals surface area contributed by atoms with E-state index in [-0.39, 0.29) is 30.3 Å². The molecule has 1 fully saturated rings. The van der Waals surface area contributed by atoms with Crippen LogP contribution in [0.4, 0.5) is 10.2 Å². The molecule has 1 N–H and O–H groups in total. The minimum atomic E-state index is -0.387. The molecule has 0 unspecified atom stereocenters. The molecule has 0 aliphatic carbocycles. The molecule has 2 aromatic rings. The summed E-state index contributed by atoms with van der Waals surface area (Å²) in [6, 6.07) is 9.19. The third-order valence-electron chi connectivity index (χ3n) is 4.89. The van der Waals surface area contributed by atoms with Crippen LogP contribution in [0.5, 0.6) is 0 Å². The fourth-order valence-electron chi connectivity index (χ4n) is 3.16. The number of carbonyl (C=O) groups excluding carboxylic acids is 2. The van der Waals surface area contributed by atoms with Crippen LogP contribution in [0.15, 0.2) is 42.6 Å². The number of amides is 1. The molecule has 3 rings (SSSR count). The Labute approximate surface area is 164 Å². The van der Waals surface area contributed by atoms with Gasteiger partial charge in [-0.05, 0) is 37.4 Å². The molecule has 0 radical (unpaired) electrons. The van der Waals surface area contributed by atoms with Crippen LogP contribution in [0.3, 0.4) is 0 Å². The second-order valence-corrected chi connectivity index (χ2v) is 6.98. The van der Waals surface area contributed by atoms with Crippen LogP contribution in [-0.2, 0) is 11.3 Å². The van der Waals surface area contributed by atoms with Gasteiger partial charge in [0, 0.05) is 62.9 Å². The van der Waals surface area contributed by atoms with Gasteiger partial charge < -0.3 is 15.1 Å². The zero-order chi connectivity index (χ0) is 19.9. The highest BCUT2D eigenvalue weighted by Gasteiger charge is 2.18. The van der Waals surface area contributed by atoms with E-state index < -0.39 is 0 Å². The molecule has 1 aliphatic heterocycles. The second kappa shape index (κ2) is 9.41. The van der Waals surface area contributed by atoms with Gasteiger partial charge in [-0.2, -0.15) is 0 Å². The van der Waals surface area contributed by atoms with Gasteiger partial charge in [0.05, 0.1) is 0 Å². The highest BCUT2D eigenvalue weighted by molar-refractivity contribution is 5.97. The van der Waals surface area contributed by atoms with Crippen molar-refractivity contribution in [2.45, 2.75) is 19.4 Å². The molecule has 2 heterocycles. The maximum absolute atomic E-state index is 12.9. The number of halogens is 1. The zero-order valence-electron chi connectivity index (χ0n) is 16.0. The van der Waals surface area contributed by atoms with E-state index in [1.54, 1.807) is 6.20 Å². The smallest absolute Gasteiger partial charge is 0.220 e. The van der Waals surface area contributed by atoms with Crippen LogP contribution >= 0.6 is 0 Å². The van der Waals surface area contributed by atoms with Crippen molar-refractivity contribution in [2.24, 2.45) is 0 Å². The highest BCUT2D eigenvalue weighted by Crippen LogP contribution is 2.18. The summed E-state index contributed by atoms with van der Waals surface area (Å²) in [6.07, 6.45) is 1.95. The van der Waals surface area contributed by atoms with Gasteiger partial charge in [-0.3, -0.25) is 9.59 Å². The van der Waals surface area contributed by atoms with Crippen molar-refractivity contribution in [1.82, 2.24) is 15.2 Å². The van der Waals surface area contributed by atoms with Gasteiger partial charge in [-0.1, -0.05) is 6.07 Å². The van der Waals surface area contributed by atoms with Gasteiger partial charge in [-0.25, -0.2) is 9.37 Å². The molecule has 0 saturated carbocycles. The molecule has 148 valence electrons. The molecule has 6 nitrogen and oxygen atoms in total. The van der Waals surface area contributed by atoms with E-state index in [4.69, 9.17) is 0 Å². The van der Waals surface area contributed by atoms with Gasteiger partial charge in [0.2, 0.25) is 5.91 Å². The molecule has 1 saturated heterocycles. The lowest BCUT2D eigenvalue weighted by molar-refractivity contribution is -0.121. The predicted molar refractivity (Wildman–Crippen MR) is 106 cm³/mol. The Morgan fingerprint density at radius 1 is 1.07 bits per heavy atom. The van der Waals surface area contributed by atoms with E-state index in [1.807, 2.05) is 12.1 Å². The van der Waals surface area contributed by atoms with Crippen molar-refractivity contribution in [3.63, 3.8) is 0 Å². The summed E-state index contributed by atoms with van der Waals surface area (Å²) in [5, 5.41) is 2.87. The third-order valence-corrected chi connectivity index (χ3v) is 4.89. The van der Waals surface area contributed by atoms with Crippen LogP contribution in [0, 0.1) is 5.82 Å². The molecule has 1 aromatic heterocycles. The van der Waals surface area contributed by atoms with E-state index in [0.29, 0.717) is 12.1 Å². The van der Waals surface area contributed by atoms with Gasteiger partial charge in [0.1, 0.15) is 11.6 Å². The van der Waals surface area contributed by atoms with Crippen LogP contribution in [0.1, 0.15) is 28.8 Å². The summed E-state index contributed by atoms with van der Waals surface area (Å²) in [6.45, 7) is 4.14. The number of nitrogens with zero attached hydrogens (tertiary/aromatic N) is 3. The molecule has 1 amide bonds. The number of hydrogen-bond acceptors (Lipinski definition) is 5. The van der Waals surface area contributed by atoms with Crippen molar-refractivity contribution in [2.75, 3.05) is 38.1 Å². The van der Waals surface area contributed by atoms with Gasteiger partial charge in [0.25, 0.3) is 0 Å². The van der Waals surface area contributed by atoms with E-state index in [2.05, 4.69) is 27.1 Å². The monoisotopic (exact) mass is 384 g/mol. The van der Waals surface area contributed by atoms with Crippen LogP contribution in [-0.4, -0.2) is 54.8 Å². The Bertz CT molecular complexity index is 817. The first-order valence-corrected chi connectivity index (χ1v) is 9.46. The number of pyridine rings is 1. The van der Waals surface area contributed by atoms with Crippen LogP contribution in [0.25, 0.3) is 0 Å². The number of anilines is 1. The number of ketones is 1. The standard InChI is InChI=1S/C21H25FN4O2/c1-25-11-13-26(14-12-25)21-17(3-2-10-23-21)15-24-20(28)9-8-19(27)16-4-6-18(22)7-5-16/h2-7,10H,8-9,11-15H2,1H3,(H,24,28). The average Bonchev–Trinajstić information content (AvgIpc) is 2.72. The average molecular weight is 384 g/mol. The number of piperazine rings is 1. The number of likely N-dealkylation sites (N-methyl/N-ethyl adjacent to an activating group) is 1. The lowest BCUT2D eigenvalue weighted by Crippen LogP contribution is -2.45. The van der Waals surface area contributed by atoms with Gasteiger partial charge >= 0.3 is 0 Å². The Morgan fingerprint density at radius 3 is 2.50 bits per heavy atom. The SMILES string of the molecule is CN1CCN(c2ncccc2CNC(=O)CCC(=O)c2ccc(F)cc2)CC1. The fraction of sp³-hybridized carbons (Fsp3) is 0.381. The van der Waals surface area contributed by atoms with E-state index >= 15 is 0 Å². The Kier molecular flexibility index (Phi) is 6.71. The number of Topliss-reactive ketones (excluding diaryl/α,β-unsaturated/α-hetero) is 1. The Balaban J connectivity index is 1.51. The van der Waals surface area contributed by atoms with Crippen molar-refractivity contribution in [1.29, 1.82) is 0 Å². The first-order valence-electron chi connectivity index (χ1n) is 9.46. The molecule has 0 bridgehead atoms. The molecule has 0 spiro atoms. The molecule has 28 heavy (non-hydrogen) atoms. The third kappa shape index (κ3) is 5.36. The van der Waals surface area contributed by atoms with Crippen molar-refractivity contribution < 1.29 is 14.0 Å². The number of hydrogen-bond donors (Lipinski definition) is 1. The minimum absolute atomic E-state index is 0.0931. The Hall–Kier alpha value is -2.80. The van der Waals surface area contributed by atoms with E-state index in [9.17, 15) is 14.0 Å². The zero-order valence-corrected chi connectivity index (χ0v) is 16.0. The number of rotatable bonds is 7. The quantitative estimate of drug-likeness (QED) is 0.742. The number of nitrogens with one attached hydrogen (secondary N) is 1. The van der Waals surface area contributed by atoms with Crippen molar-refractivity contribution in [3.8, 4) is 0 Å². The maximum Gasteiger partial charge on any atom is 0.220 e. The summed E-state index contributed by atoms with van der Waals surface area (Å²) >= 11 is 0. The number of aromatic nitrogens is 1. The van der Waals surface area contributed by atoms with Crippen LogP contribution < -0.4 is 10.2 Å². The van der Waals surface area contributed by atoms with E-state index in [1.165, 1.54) is 24.3 Å². The molecule has 7 heteroatoms. The molecule has 1 aromatic carbocycles. The summed E-state index contributed by atoms with van der Waals surface area (Å²) in [7, 11) is 2.10. The van der Waals surface area contributed by atoms with Gasteiger partial charge in [-0.15, -0.1) is 0 Å². The summed E-state index contributed by atoms with van der Waals surface area (Å²) in [5.74, 6) is 0.151. The number of carbonyl (C=O) groups is 2. The lowest BCUT2D eigenvalue weighted by atomic mass is 10.1. The molecule has 0 atom stereocenters. The second-order valence-electron chi connectivity index (χ2n) is 6.98. The van der Waals surface area contributed by atoms with Crippen molar-refractivity contribution >= 4 is 17.5 Å². The Morgan fingerprint density at radius 2 is 1.79 bits per heavy atom. The fourth-order valence-corrected chi connectivity index (χ4v) is 3.16. The number of benzene rings is 1. The maximum atomic E-state index is 12.9. The minimum Gasteiger partial charge on any atom is -0.354 e. The highest BCUT2D eigenvalue weighted by atomic mass is 19.1. The molecular weight excluding hydrogens is 359 g/mol. The normalized spacial score (nSPS) is 14.7. The predicted octanol–water partition coefficient (Wildman–Crippen LogP) is 2.25. The summed E-state index contributed by atoms with van der Waals surface area (Å²) < 4.78 is 12.9. The summed E-state index contributed by atoms with van der Waals surface area (Å²) in [4.78, 5) is 33.3. The molecule has 1 aliphatic rings. The lowest BCUT2D eigenvalue weighted by Gasteiger charge is -2.34. The van der Waals surface area contributed by atoms with Crippen molar-refractivity contribution in [3.05, 3.63) is 59.5 Å².